The van der Waals surface area contributed by atoms with Crippen LogP contribution in [0.25, 0.3) is 5.76 Å². The minimum absolute atomic E-state index is 0.0290. The first-order chi connectivity index (χ1) is 15.6. The molecule has 3 rings (SSSR count). The molecule has 1 N–H and O–H groups in total. The van der Waals surface area contributed by atoms with Crippen molar-refractivity contribution in [1.82, 2.24) is 14.2 Å². The first kappa shape index (κ1) is 24.6. The lowest BCUT2D eigenvalue weighted by molar-refractivity contribution is -0.858. The lowest BCUT2D eigenvalue weighted by atomic mass is 9.96. The van der Waals surface area contributed by atoms with E-state index >= 15 is 0 Å². The van der Waals surface area contributed by atoms with Crippen molar-refractivity contribution in [1.29, 1.82) is 0 Å². The number of aromatic nitrogens is 1. The molecule has 0 saturated carbocycles. The Morgan fingerprint density at radius 2 is 1.70 bits per heavy atom. The van der Waals surface area contributed by atoms with E-state index in [4.69, 9.17) is 0 Å². The number of likely N-dealkylation sites (tertiary alicyclic amines) is 1. The van der Waals surface area contributed by atoms with Crippen LogP contribution >= 0.6 is 0 Å². The SMILES string of the molecule is CN(C)S(=O)(=O)c1ccc(C([O-])=C2C(=O)C(=O)N(CCC[NH+](C)C)C2c2ccncc2)cc1. The number of quaternary nitrogens is 1. The highest BCUT2D eigenvalue weighted by atomic mass is 32.2. The highest BCUT2D eigenvalue weighted by molar-refractivity contribution is 7.89. The van der Waals surface area contributed by atoms with Crippen molar-refractivity contribution in [2.45, 2.75) is 17.4 Å². The summed E-state index contributed by atoms with van der Waals surface area (Å²) in [6.45, 7) is 1.13. The third kappa shape index (κ3) is 4.97. The third-order valence-corrected chi connectivity index (χ3v) is 7.35. The van der Waals surface area contributed by atoms with Crippen molar-refractivity contribution in [2.75, 3.05) is 41.3 Å². The molecule has 1 amide bonds. The van der Waals surface area contributed by atoms with E-state index in [0.717, 1.165) is 10.8 Å². The summed E-state index contributed by atoms with van der Waals surface area (Å²) in [6.07, 6.45) is 3.77. The molecule has 1 aromatic heterocycles. The van der Waals surface area contributed by atoms with Gasteiger partial charge in [0.2, 0.25) is 15.8 Å². The summed E-state index contributed by atoms with van der Waals surface area (Å²) in [4.78, 5) is 32.5. The third-order valence-electron chi connectivity index (χ3n) is 5.52. The number of rotatable bonds is 8. The lowest BCUT2D eigenvalue weighted by Gasteiger charge is -2.27. The number of Topliss-reactive ketones (excluding diaryl/α,β-unsaturated/α-hetero) is 1. The van der Waals surface area contributed by atoms with Crippen LogP contribution in [0.1, 0.15) is 23.6 Å². The van der Waals surface area contributed by atoms with Crippen LogP contribution in [0.3, 0.4) is 0 Å². The number of hydrogen-bond donors (Lipinski definition) is 1. The molecule has 176 valence electrons. The Labute approximate surface area is 194 Å². The number of ketones is 1. The van der Waals surface area contributed by atoms with Crippen LogP contribution in [0.2, 0.25) is 0 Å². The Hall–Kier alpha value is -3.08. The molecule has 0 radical (unpaired) electrons. The minimum atomic E-state index is -3.66. The molecule has 0 bridgehead atoms. The molecule has 1 fully saturated rings. The van der Waals surface area contributed by atoms with Crippen LogP contribution in [0.4, 0.5) is 0 Å². The van der Waals surface area contributed by atoms with Crippen LogP contribution in [0, 0.1) is 0 Å². The molecule has 2 heterocycles. The zero-order valence-electron chi connectivity index (χ0n) is 19.1. The monoisotopic (exact) mass is 472 g/mol. The Balaban J connectivity index is 2.06. The standard InChI is InChI=1S/C23H28N4O5S/c1-25(2)14-5-15-27-20(16-10-12-24-13-11-16)19(22(29)23(27)30)21(28)17-6-8-18(9-7-17)33(31,32)26(3)4/h6-13,20,28H,5,14-15H2,1-4H3. The Kier molecular flexibility index (Phi) is 7.31. The second-order valence-corrected chi connectivity index (χ2v) is 10.5. The van der Waals surface area contributed by atoms with Gasteiger partial charge in [0.15, 0.2) is 0 Å². The normalized spacial score (nSPS) is 18.5. The molecule has 0 aliphatic carbocycles. The Morgan fingerprint density at radius 1 is 1.09 bits per heavy atom. The number of sulfonamides is 1. The van der Waals surface area contributed by atoms with Crippen molar-refractivity contribution in [3.63, 3.8) is 0 Å². The number of benzene rings is 1. The lowest BCUT2D eigenvalue weighted by Crippen LogP contribution is -3.05. The van der Waals surface area contributed by atoms with Gasteiger partial charge in [0.25, 0.3) is 5.91 Å². The maximum absolute atomic E-state index is 13.4. The fourth-order valence-corrected chi connectivity index (χ4v) is 4.64. The average Bonchev–Trinajstić information content (AvgIpc) is 3.04. The molecule has 1 saturated heterocycles. The van der Waals surface area contributed by atoms with E-state index in [1.54, 1.807) is 24.5 Å². The van der Waals surface area contributed by atoms with Gasteiger partial charge in [-0.1, -0.05) is 17.9 Å². The largest absolute Gasteiger partial charge is 0.872 e. The van der Waals surface area contributed by atoms with Gasteiger partial charge < -0.3 is 14.9 Å². The second kappa shape index (κ2) is 9.82. The van der Waals surface area contributed by atoms with Gasteiger partial charge >= 0.3 is 0 Å². The maximum Gasteiger partial charge on any atom is 0.295 e. The van der Waals surface area contributed by atoms with E-state index < -0.39 is 33.5 Å². The van der Waals surface area contributed by atoms with E-state index in [9.17, 15) is 23.1 Å². The molecule has 1 aliphatic heterocycles. The van der Waals surface area contributed by atoms with Crippen LogP contribution in [-0.2, 0) is 19.6 Å². The van der Waals surface area contributed by atoms with E-state index in [0.29, 0.717) is 18.5 Å². The van der Waals surface area contributed by atoms with Gasteiger partial charge in [-0.3, -0.25) is 14.6 Å². The summed E-state index contributed by atoms with van der Waals surface area (Å²) in [5.74, 6) is -2.13. The first-order valence-corrected chi connectivity index (χ1v) is 12.0. The van der Waals surface area contributed by atoms with E-state index in [2.05, 4.69) is 4.98 Å². The minimum Gasteiger partial charge on any atom is -0.872 e. The van der Waals surface area contributed by atoms with Gasteiger partial charge in [-0.15, -0.1) is 0 Å². The maximum atomic E-state index is 13.4. The molecular formula is C23H28N4O5S. The first-order valence-electron chi connectivity index (χ1n) is 10.5. The van der Waals surface area contributed by atoms with Crippen LogP contribution in [0.15, 0.2) is 59.3 Å². The van der Waals surface area contributed by atoms with Crippen LogP contribution < -0.4 is 10.0 Å². The summed E-state index contributed by atoms with van der Waals surface area (Å²) in [6, 6.07) is 7.92. The van der Waals surface area contributed by atoms with Gasteiger partial charge in [0.1, 0.15) is 0 Å². The summed E-state index contributed by atoms with van der Waals surface area (Å²) >= 11 is 0. The molecule has 1 atom stereocenters. The number of carbonyl (C=O) groups excluding carboxylic acids is 2. The van der Waals surface area contributed by atoms with Crippen molar-refractivity contribution in [3.8, 4) is 0 Å². The molecule has 33 heavy (non-hydrogen) atoms. The Morgan fingerprint density at radius 3 is 2.24 bits per heavy atom. The second-order valence-electron chi connectivity index (χ2n) is 8.38. The molecule has 1 aliphatic rings. The molecule has 10 heteroatoms. The number of hydrogen-bond acceptors (Lipinski definition) is 6. The number of carbonyl (C=O) groups is 2. The molecule has 1 aromatic carbocycles. The molecule has 1 unspecified atom stereocenters. The zero-order valence-corrected chi connectivity index (χ0v) is 19.9. The predicted molar refractivity (Wildman–Crippen MR) is 120 cm³/mol. The van der Waals surface area contributed by atoms with Gasteiger partial charge in [-0.05, 0) is 35.4 Å². The molecule has 0 spiro atoms. The topological polar surface area (TPSA) is 115 Å². The van der Waals surface area contributed by atoms with Gasteiger partial charge in [0.05, 0.1) is 31.6 Å². The van der Waals surface area contributed by atoms with Crippen molar-refractivity contribution < 1.29 is 28.0 Å². The smallest absolute Gasteiger partial charge is 0.295 e. The molecule has 9 nitrogen and oxygen atoms in total. The summed E-state index contributed by atoms with van der Waals surface area (Å²) < 4.78 is 25.7. The fraction of sp³-hybridized carbons (Fsp3) is 0.348. The molecular weight excluding hydrogens is 444 g/mol. The summed E-state index contributed by atoms with van der Waals surface area (Å²) in [5.41, 5.74) is 0.630. The van der Waals surface area contributed by atoms with Gasteiger partial charge in [0, 0.05) is 45.0 Å². The van der Waals surface area contributed by atoms with Crippen molar-refractivity contribution >= 4 is 27.5 Å². The van der Waals surface area contributed by atoms with Crippen LogP contribution in [0.5, 0.6) is 0 Å². The van der Waals surface area contributed by atoms with E-state index in [1.807, 2.05) is 14.1 Å². The fourth-order valence-electron chi connectivity index (χ4n) is 3.74. The van der Waals surface area contributed by atoms with E-state index in [1.165, 1.54) is 48.2 Å². The van der Waals surface area contributed by atoms with E-state index in [-0.39, 0.29) is 16.0 Å². The number of nitrogens with one attached hydrogen (secondary N) is 1. The van der Waals surface area contributed by atoms with Gasteiger partial charge in [-0.2, -0.15) is 0 Å². The van der Waals surface area contributed by atoms with Crippen molar-refractivity contribution in [3.05, 3.63) is 65.5 Å². The highest BCUT2D eigenvalue weighted by Crippen LogP contribution is 2.38. The Bertz CT molecular complexity index is 1160. The molecule has 2 aromatic rings. The zero-order chi connectivity index (χ0) is 24.3. The van der Waals surface area contributed by atoms with Gasteiger partial charge in [-0.25, -0.2) is 12.7 Å². The van der Waals surface area contributed by atoms with Crippen LogP contribution in [-0.4, -0.2) is 75.6 Å². The summed E-state index contributed by atoms with van der Waals surface area (Å²) in [5, 5.41) is 13.4. The predicted octanol–water partition coefficient (Wildman–Crippen LogP) is -0.909. The number of pyridine rings is 1. The van der Waals surface area contributed by atoms with Crippen molar-refractivity contribution in [2.24, 2.45) is 0 Å². The quantitative estimate of drug-likeness (QED) is 0.302. The highest BCUT2D eigenvalue weighted by Gasteiger charge is 2.43. The average molecular weight is 473 g/mol. The number of nitrogens with zero attached hydrogens (tertiary/aromatic N) is 3. The summed E-state index contributed by atoms with van der Waals surface area (Å²) in [7, 11) is 3.17. The number of amides is 1.